The quantitative estimate of drug-likeness (QED) is 0.738. The average Bonchev–Trinajstić information content (AvgIpc) is 2.50. The van der Waals surface area contributed by atoms with Gasteiger partial charge in [0, 0.05) is 12.0 Å². The molecule has 0 fully saturated rings. The molecule has 21 heavy (non-hydrogen) atoms. The van der Waals surface area contributed by atoms with E-state index in [1.165, 1.54) is 19.1 Å². The van der Waals surface area contributed by atoms with Crippen molar-refractivity contribution in [3.05, 3.63) is 62.4 Å². The number of hydrogen-bond donors (Lipinski definition) is 0. The van der Waals surface area contributed by atoms with E-state index in [1.54, 1.807) is 18.2 Å². The van der Waals surface area contributed by atoms with E-state index in [0.717, 1.165) is 4.68 Å². The van der Waals surface area contributed by atoms with Crippen molar-refractivity contribution in [2.75, 3.05) is 0 Å². The number of nitrogens with zero attached hydrogens (tertiary/aromatic N) is 3. The molecule has 7 nitrogen and oxygen atoms in total. The fraction of sp³-hybridized carbons (Fsp3) is 0.214. The second-order valence-corrected chi connectivity index (χ2v) is 4.36. The summed E-state index contributed by atoms with van der Waals surface area (Å²) in [5.41, 5.74) is -1.36. The lowest BCUT2D eigenvalue weighted by molar-refractivity contribution is -0.108. The van der Waals surface area contributed by atoms with Gasteiger partial charge >= 0.3 is 5.69 Å². The van der Waals surface area contributed by atoms with Crippen molar-refractivity contribution < 1.29 is 9.59 Å². The van der Waals surface area contributed by atoms with Gasteiger partial charge in [0.15, 0.2) is 0 Å². The lowest BCUT2D eigenvalue weighted by Crippen LogP contribution is -2.46. The van der Waals surface area contributed by atoms with Crippen LogP contribution in [-0.4, -0.2) is 26.5 Å². The molecule has 2 rings (SSSR count). The third-order valence-electron chi connectivity index (χ3n) is 2.88. The summed E-state index contributed by atoms with van der Waals surface area (Å²) >= 11 is 0. The average molecular weight is 287 g/mol. The minimum Gasteiger partial charge on any atom is -0.303 e. The van der Waals surface area contributed by atoms with Crippen molar-refractivity contribution in [2.24, 2.45) is 0 Å². The molecule has 0 saturated carbocycles. The molecule has 7 heteroatoms. The maximum atomic E-state index is 12.3. The molecule has 0 aliphatic rings. The van der Waals surface area contributed by atoms with Crippen molar-refractivity contribution in [2.45, 2.75) is 19.9 Å². The lowest BCUT2D eigenvalue weighted by Gasteiger charge is -2.08. The SMILES string of the molecule is Cc1nn(CCC=O)c(=O)n(C(=O)c2ccccc2)c1=O. The van der Waals surface area contributed by atoms with Crippen LogP contribution in [0.3, 0.4) is 0 Å². The number of aryl methyl sites for hydroxylation is 2. The zero-order valence-corrected chi connectivity index (χ0v) is 11.4. The molecule has 0 spiro atoms. The largest absolute Gasteiger partial charge is 0.354 e. The molecular formula is C14H13N3O4. The van der Waals surface area contributed by atoms with Gasteiger partial charge in [-0.1, -0.05) is 18.2 Å². The first-order valence-electron chi connectivity index (χ1n) is 6.30. The molecule has 0 aliphatic carbocycles. The molecule has 0 unspecified atom stereocenters. The lowest BCUT2D eigenvalue weighted by atomic mass is 10.2. The summed E-state index contributed by atoms with van der Waals surface area (Å²) in [6, 6.07) is 8.02. The predicted molar refractivity (Wildman–Crippen MR) is 74.3 cm³/mol. The molecule has 2 aromatic rings. The fourth-order valence-electron chi connectivity index (χ4n) is 1.84. The van der Waals surface area contributed by atoms with Gasteiger partial charge in [-0.3, -0.25) is 9.59 Å². The Morgan fingerprint density at radius 2 is 1.90 bits per heavy atom. The number of aromatic nitrogens is 3. The van der Waals surface area contributed by atoms with Crippen LogP contribution in [0, 0.1) is 6.92 Å². The number of benzene rings is 1. The Bertz CT molecular complexity index is 790. The van der Waals surface area contributed by atoms with Crippen molar-refractivity contribution in [1.82, 2.24) is 14.3 Å². The minimum absolute atomic E-state index is 0.0183. The monoisotopic (exact) mass is 287 g/mol. The van der Waals surface area contributed by atoms with E-state index in [-0.39, 0.29) is 24.2 Å². The second kappa shape index (κ2) is 6.08. The fourth-order valence-corrected chi connectivity index (χ4v) is 1.84. The summed E-state index contributed by atoms with van der Waals surface area (Å²) < 4.78 is 1.49. The second-order valence-electron chi connectivity index (χ2n) is 4.36. The van der Waals surface area contributed by atoms with E-state index in [2.05, 4.69) is 5.10 Å². The highest BCUT2D eigenvalue weighted by Crippen LogP contribution is 1.99. The van der Waals surface area contributed by atoms with Gasteiger partial charge in [0.05, 0.1) is 6.54 Å². The highest BCUT2D eigenvalue weighted by atomic mass is 16.2. The van der Waals surface area contributed by atoms with Crippen LogP contribution >= 0.6 is 0 Å². The predicted octanol–water partition coefficient (Wildman–Crippen LogP) is -0.00908. The maximum Gasteiger partial charge on any atom is 0.354 e. The van der Waals surface area contributed by atoms with Crippen LogP contribution in [0.15, 0.2) is 39.9 Å². The number of rotatable bonds is 4. The molecule has 0 amide bonds. The van der Waals surface area contributed by atoms with E-state index < -0.39 is 17.2 Å². The van der Waals surface area contributed by atoms with E-state index in [0.29, 0.717) is 10.9 Å². The smallest absolute Gasteiger partial charge is 0.303 e. The van der Waals surface area contributed by atoms with Crippen LogP contribution in [-0.2, 0) is 11.3 Å². The number of hydrogen-bond acceptors (Lipinski definition) is 5. The summed E-state index contributed by atoms with van der Waals surface area (Å²) in [7, 11) is 0. The highest BCUT2D eigenvalue weighted by Gasteiger charge is 2.17. The summed E-state index contributed by atoms with van der Waals surface area (Å²) in [5.74, 6) is -0.712. The number of aldehydes is 1. The van der Waals surface area contributed by atoms with Gasteiger partial charge in [0.2, 0.25) is 0 Å². The minimum atomic E-state index is -0.846. The van der Waals surface area contributed by atoms with Crippen LogP contribution in [0.1, 0.15) is 22.5 Å². The van der Waals surface area contributed by atoms with Crippen molar-refractivity contribution in [1.29, 1.82) is 0 Å². The molecule has 1 heterocycles. The third-order valence-corrected chi connectivity index (χ3v) is 2.88. The Morgan fingerprint density at radius 1 is 1.24 bits per heavy atom. The summed E-state index contributed by atoms with van der Waals surface area (Å²) in [5, 5.41) is 3.81. The molecule has 0 saturated heterocycles. The van der Waals surface area contributed by atoms with Crippen LogP contribution in [0.5, 0.6) is 0 Å². The zero-order valence-electron chi connectivity index (χ0n) is 11.4. The van der Waals surface area contributed by atoms with Gasteiger partial charge in [0.1, 0.15) is 12.0 Å². The van der Waals surface area contributed by atoms with E-state index >= 15 is 0 Å². The summed E-state index contributed by atoms with van der Waals surface area (Å²) in [6.45, 7) is 1.43. The Labute approximate surface area is 119 Å². The normalized spacial score (nSPS) is 10.3. The number of carbonyl (C=O) groups excluding carboxylic acids is 2. The topological polar surface area (TPSA) is 91.0 Å². The van der Waals surface area contributed by atoms with Gasteiger partial charge in [0.25, 0.3) is 11.5 Å². The van der Waals surface area contributed by atoms with Gasteiger partial charge in [-0.05, 0) is 19.1 Å². The van der Waals surface area contributed by atoms with E-state index in [4.69, 9.17) is 0 Å². The van der Waals surface area contributed by atoms with Crippen LogP contribution < -0.4 is 11.2 Å². The first-order valence-corrected chi connectivity index (χ1v) is 6.30. The molecule has 1 aromatic carbocycles. The molecule has 0 atom stereocenters. The van der Waals surface area contributed by atoms with Gasteiger partial charge in [-0.2, -0.15) is 9.67 Å². The summed E-state index contributed by atoms with van der Waals surface area (Å²) in [6.07, 6.45) is 0.710. The third kappa shape index (κ3) is 2.86. The first kappa shape index (κ1) is 14.6. The molecule has 1 aromatic heterocycles. The van der Waals surface area contributed by atoms with Crippen molar-refractivity contribution >= 4 is 12.2 Å². The van der Waals surface area contributed by atoms with Crippen molar-refractivity contribution in [3.8, 4) is 0 Å². The Morgan fingerprint density at radius 3 is 2.52 bits per heavy atom. The number of carbonyl (C=O) groups is 2. The van der Waals surface area contributed by atoms with E-state index in [1.807, 2.05) is 0 Å². The zero-order chi connectivity index (χ0) is 15.4. The van der Waals surface area contributed by atoms with E-state index in [9.17, 15) is 19.2 Å². The van der Waals surface area contributed by atoms with Gasteiger partial charge < -0.3 is 4.79 Å². The Hall–Kier alpha value is -2.83. The van der Waals surface area contributed by atoms with Crippen molar-refractivity contribution in [3.63, 3.8) is 0 Å². The van der Waals surface area contributed by atoms with Gasteiger partial charge in [-0.15, -0.1) is 0 Å². The molecular weight excluding hydrogens is 274 g/mol. The summed E-state index contributed by atoms with van der Waals surface area (Å²) in [4.78, 5) is 46.9. The molecule has 0 N–H and O–H groups in total. The Kier molecular flexibility index (Phi) is 4.22. The van der Waals surface area contributed by atoms with Gasteiger partial charge in [-0.25, -0.2) is 9.48 Å². The standard InChI is InChI=1S/C14H13N3O4/c1-10-12(19)17(13(20)11-6-3-2-4-7-11)14(21)16(15-10)8-5-9-18/h2-4,6-7,9H,5,8H2,1H3. The van der Waals surface area contributed by atoms with Crippen LogP contribution in [0.2, 0.25) is 0 Å². The molecule has 108 valence electrons. The molecule has 0 radical (unpaired) electrons. The maximum absolute atomic E-state index is 12.3. The van der Waals surface area contributed by atoms with Crippen LogP contribution in [0.25, 0.3) is 0 Å². The highest BCUT2D eigenvalue weighted by molar-refractivity contribution is 5.95. The molecule has 0 aliphatic heterocycles. The molecule has 0 bridgehead atoms. The Balaban J connectivity index is 2.60. The first-order chi connectivity index (χ1) is 10.1. The van der Waals surface area contributed by atoms with Crippen LogP contribution in [0.4, 0.5) is 0 Å².